The molecule has 1 aromatic heterocycles. The van der Waals surface area contributed by atoms with Gasteiger partial charge in [-0.15, -0.1) is 0 Å². The van der Waals surface area contributed by atoms with Crippen LogP contribution < -0.4 is 0 Å². The molecule has 0 amide bonds. The van der Waals surface area contributed by atoms with E-state index in [-0.39, 0.29) is 11.4 Å². The Bertz CT molecular complexity index is 689. The zero-order valence-corrected chi connectivity index (χ0v) is 11.4. The van der Waals surface area contributed by atoms with Crippen LogP contribution in [0.4, 0.5) is 13.2 Å². The van der Waals surface area contributed by atoms with E-state index in [0.29, 0.717) is 5.56 Å². The molecule has 0 fully saturated rings. The molecule has 110 valence electrons. The van der Waals surface area contributed by atoms with E-state index in [1.165, 1.54) is 19.2 Å². The highest BCUT2D eigenvalue weighted by Gasteiger charge is 2.33. The maximum Gasteiger partial charge on any atom is 0.417 e. The van der Waals surface area contributed by atoms with E-state index in [2.05, 4.69) is 14.7 Å². The van der Waals surface area contributed by atoms with E-state index < -0.39 is 22.7 Å². The molecule has 0 saturated carbocycles. The molecular weight excluding hydrogens is 309 g/mol. The highest BCUT2D eigenvalue weighted by molar-refractivity contribution is 6.31. The summed E-state index contributed by atoms with van der Waals surface area (Å²) in [6.45, 7) is 0. The summed E-state index contributed by atoms with van der Waals surface area (Å²) < 4.78 is 42.4. The van der Waals surface area contributed by atoms with Crippen molar-refractivity contribution in [3.63, 3.8) is 0 Å². The zero-order chi connectivity index (χ0) is 15.6. The van der Waals surface area contributed by atoms with Gasteiger partial charge in [0.2, 0.25) is 0 Å². The third kappa shape index (κ3) is 3.30. The first-order chi connectivity index (χ1) is 9.82. The molecule has 1 heterocycles. The van der Waals surface area contributed by atoms with Gasteiger partial charge in [-0.2, -0.15) is 13.2 Å². The van der Waals surface area contributed by atoms with Crippen molar-refractivity contribution in [1.29, 1.82) is 0 Å². The molecule has 0 saturated heterocycles. The van der Waals surface area contributed by atoms with Gasteiger partial charge in [-0.25, -0.2) is 14.8 Å². The zero-order valence-electron chi connectivity index (χ0n) is 10.6. The second-order valence-corrected chi connectivity index (χ2v) is 4.38. The van der Waals surface area contributed by atoms with Gasteiger partial charge in [-0.05, 0) is 18.2 Å². The lowest BCUT2D eigenvalue weighted by Crippen LogP contribution is -2.06. The van der Waals surface area contributed by atoms with Gasteiger partial charge in [0.05, 0.1) is 23.4 Å². The Morgan fingerprint density at radius 1 is 1.24 bits per heavy atom. The number of halogens is 4. The molecule has 0 atom stereocenters. The maximum absolute atomic E-state index is 12.6. The van der Waals surface area contributed by atoms with Gasteiger partial charge in [0.15, 0.2) is 5.69 Å². The second-order valence-electron chi connectivity index (χ2n) is 3.97. The minimum absolute atomic E-state index is 0.00137. The van der Waals surface area contributed by atoms with Crippen LogP contribution in [0.3, 0.4) is 0 Å². The standard InChI is InChI=1S/C13H8ClF3N2O2/c1-21-12(20)11-5-10(18-6-19-11)7-2-3-8(9(14)4-7)13(15,16)17/h2-6H,1H3. The molecule has 0 aliphatic carbocycles. The molecular formula is C13H8ClF3N2O2. The summed E-state index contributed by atoms with van der Waals surface area (Å²) >= 11 is 5.64. The lowest BCUT2D eigenvalue weighted by molar-refractivity contribution is -0.137. The lowest BCUT2D eigenvalue weighted by atomic mass is 10.1. The highest BCUT2D eigenvalue weighted by Crippen LogP contribution is 2.36. The largest absolute Gasteiger partial charge is 0.464 e. The number of methoxy groups -OCH3 is 1. The molecule has 0 N–H and O–H groups in total. The minimum atomic E-state index is -4.53. The van der Waals surface area contributed by atoms with Crippen LogP contribution in [0.5, 0.6) is 0 Å². The summed E-state index contributed by atoms with van der Waals surface area (Å²) in [5.41, 5.74) is -0.338. The second kappa shape index (κ2) is 5.69. The van der Waals surface area contributed by atoms with Crippen LogP contribution in [-0.4, -0.2) is 23.0 Å². The van der Waals surface area contributed by atoms with Crippen LogP contribution in [0.15, 0.2) is 30.6 Å². The summed E-state index contributed by atoms with van der Waals surface area (Å²) in [5.74, 6) is -0.670. The Kier molecular flexibility index (Phi) is 4.13. The van der Waals surface area contributed by atoms with E-state index in [9.17, 15) is 18.0 Å². The Morgan fingerprint density at radius 3 is 2.52 bits per heavy atom. The average molecular weight is 317 g/mol. The van der Waals surface area contributed by atoms with Gasteiger partial charge in [-0.1, -0.05) is 17.7 Å². The number of esters is 1. The molecule has 0 unspecified atom stereocenters. The number of nitrogens with zero attached hydrogens (tertiary/aromatic N) is 2. The SMILES string of the molecule is COC(=O)c1cc(-c2ccc(C(F)(F)F)c(Cl)c2)ncn1. The molecule has 0 radical (unpaired) electrons. The van der Waals surface area contributed by atoms with Crippen molar-refractivity contribution in [1.82, 2.24) is 9.97 Å². The van der Waals surface area contributed by atoms with Gasteiger partial charge in [0.1, 0.15) is 6.33 Å². The third-order valence-corrected chi connectivity index (χ3v) is 2.94. The molecule has 4 nitrogen and oxygen atoms in total. The van der Waals surface area contributed by atoms with Gasteiger partial charge in [0, 0.05) is 5.56 Å². The molecule has 2 rings (SSSR count). The van der Waals surface area contributed by atoms with Gasteiger partial charge >= 0.3 is 12.1 Å². The third-order valence-electron chi connectivity index (χ3n) is 2.63. The molecule has 1 aromatic carbocycles. The predicted octanol–water partition coefficient (Wildman–Crippen LogP) is 3.60. The van der Waals surface area contributed by atoms with Crippen molar-refractivity contribution in [3.05, 3.63) is 46.9 Å². The summed E-state index contributed by atoms with van der Waals surface area (Å²) in [6.07, 6.45) is -3.41. The first-order valence-corrected chi connectivity index (χ1v) is 5.98. The van der Waals surface area contributed by atoms with Crippen LogP contribution in [0.25, 0.3) is 11.3 Å². The number of aromatic nitrogens is 2. The first kappa shape index (κ1) is 15.2. The lowest BCUT2D eigenvalue weighted by Gasteiger charge is -2.10. The quantitative estimate of drug-likeness (QED) is 0.794. The van der Waals surface area contributed by atoms with Crippen molar-refractivity contribution in [3.8, 4) is 11.3 Å². The number of ether oxygens (including phenoxy) is 1. The van der Waals surface area contributed by atoms with Crippen LogP contribution in [0.1, 0.15) is 16.1 Å². The van der Waals surface area contributed by atoms with E-state index in [4.69, 9.17) is 11.6 Å². The molecule has 0 bridgehead atoms. The van der Waals surface area contributed by atoms with Crippen molar-refractivity contribution < 1.29 is 22.7 Å². The van der Waals surface area contributed by atoms with E-state index in [1.54, 1.807) is 0 Å². The Labute approximate surface area is 122 Å². The number of carbonyl (C=O) groups excluding carboxylic acids is 1. The van der Waals surface area contributed by atoms with E-state index in [0.717, 1.165) is 18.5 Å². The number of alkyl halides is 3. The van der Waals surface area contributed by atoms with Crippen LogP contribution >= 0.6 is 11.6 Å². The number of hydrogen-bond donors (Lipinski definition) is 0. The molecule has 0 spiro atoms. The van der Waals surface area contributed by atoms with E-state index >= 15 is 0 Å². The van der Waals surface area contributed by atoms with Gasteiger partial charge in [-0.3, -0.25) is 0 Å². The average Bonchev–Trinajstić information content (AvgIpc) is 2.45. The normalized spacial score (nSPS) is 11.3. The molecule has 8 heteroatoms. The monoisotopic (exact) mass is 316 g/mol. The number of benzene rings is 1. The smallest absolute Gasteiger partial charge is 0.417 e. The molecule has 21 heavy (non-hydrogen) atoms. The predicted molar refractivity (Wildman–Crippen MR) is 68.8 cm³/mol. The minimum Gasteiger partial charge on any atom is -0.464 e. The van der Waals surface area contributed by atoms with Gasteiger partial charge in [0.25, 0.3) is 0 Å². The van der Waals surface area contributed by atoms with Crippen molar-refractivity contribution in [2.45, 2.75) is 6.18 Å². The van der Waals surface area contributed by atoms with Gasteiger partial charge < -0.3 is 4.74 Å². The topological polar surface area (TPSA) is 52.1 Å². The van der Waals surface area contributed by atoms with E-state index in [1.807, 2.05) is 0 Å². The summed E-state index contributed by atoms with van der Waals surface area (Å²) in [6, 6.07) is 4.52. The molecule has 2 aromatic rings. The fourth-order valence-electron chi connectivity index (χ4n) is 1.64. The summed E-state index contributed by atoms with van der Waals surface area (Å²) in [5, 5.41) is -0.446. The number of hydrogen-bond acceptors (Lipinski definition) is 4. The fourth-order valence-corrected chi connectivity index (χ4v) is 1.92. The van der Waals surface area contributed by atoms with Crippen LogP contribution in [0.2, 0.25) is 5.02 Å². The number of carbonyl (C=O) groups is 1. The van der Waals surface area contributed by atoms with Crippen LogP contribution in [-0.2, 0) is 10.9 Å². The Hall–Kier alpha value is -2.15. The fraction of sp³-hybridized carbons (Fsp3) is 0.154. The first-order valence-electron chi connectivity index (χ1n) is 5.60. The van der Waals surface area contributed by atoms with Crippen molar-refractivity contribution in [2.75, 3.05) is 7.11 Å². The van der Waals surface area contributed by atoms with Crippen molar-refractivity contribution in [2.24, 2.45) is 0 Å². The van der Waals surface area contributed by atoms with Crippen LogP contribution in [0, 0.1) is 0 Å². The molecule has 0 aliphatic rings. The Balaban J connectivity index is 2.44. The Morgan fingerprint density at radius 2 is 1.95 bits per heavy atom. The summed E-state index contributed by atoms with van der Waals surface area (Å²) in [7, 11) is 1.19. The highest BCUT2D eigenvalue weighted by atomic mass is 35.5. The summed E-state index contributed by atoms with van der Waals surface area (Å²) in [4.78, 5) is 19.0. The maximum atomic E-state index is 12.6. The number of rotatable bonds is 2. The molecule has 0 aliphatic heterocycles. The van der Waals surface area contributed by atoms with Crippen molar-refractivity contribution >= 4 is 17.6 Å².